The first-order valence-electron chi connectivity index (χ1n) is 4.24. The molecule has 1 aliphatic rings. The number of carbonyl (C=O) groups is 1. The van der Waals surface area contributed by atoms with Gasteiger partial charge in [-0.15, -0.1) is 0 Å². The lowest BCUT2D eigenvalue weighted by Crippen LogP contribution is -2.34. The first-order chi connectivity index (χ1) is 6.56. The highest BCUT2D eigenvalue weighted by molar-refractivity contribution is 7.98. The average molecular weight is 222 g/mol. The second-order valence-corrected chi connectivity index (χ2v) is 4.00. The Balaban J connectivity index is 2.52. The molecular weight excluding hydrogens is 208 g/mol. The Bertz CT molecular complexity index is 210. The zero-order valence-electron chi connectivity index (χ0n) is 8.04. The van der Waals surface area contributed by atoms with E-state index in [1.54, 1.807) is 0 Å². The smallest absolute Gasteiger partial charge is 0.305 e. The number of hydrogen-bond donors (Lipinski definition) is 2. The number of thioether (sulfide) groups is 1. The molecule has 0 spiro atoms. The van der Waals surface area contributed by atoms with Gasteiger partial charge in [0.25, 0.3) is 0 Å². The van der Waals surface area contributed by atoms with Crippen molar-refractivity contribution in [1.29, 1.82) is 0 Å². The molecule has 0 aromatic carbocycles. The van der Waals surface area contributed by atoms with E-state index in [1.807, 2.05) is 6.26 Å². The highest BCUT2D eigenvalue weighted by Gasteiger charge is 2.44. The molecule has 1 fully saturated rings. The zero-order valence-corrected chi connectivity index (χ0v) is 8.86. The van der Waals surface area contributed by atoms with Crippen LogP contribution in [0.2, 0.25) is 0 Å². The molecule has 0 amide bonds. The lowest BCUT2D eigenvalue weighted by atomic mass is 10.2. The van der Waals surface area contributed by atoms with Gasteiger partial charge in [0.2, 0.25) is 6.29 Å². The predicted molar refractivity (Wildman–Crippen MR) is 50.8 cm³/mol. The average Bonchev–Trinajstić information content (AvgIpc) is 2.34. The number of aliphatic hydroxyl groups excluding tert-OH is 2. The zero-order chi connectivity index (χ0) is 10.7. The maximum atomic E-state index is 10.6. The molecule has 82 valence electrons. The van der Waals surface area contributed by atoms with Crippen LogP contribution in [0.3, 0.4) is 0 Å². The van der Waals surface area contributed by atoms with E-state index in [0.29, 0.717) is 5.75 Å². The molecule has 1 saturated heterocycles. The highest BCUT2D eigenvalue weighted by Crippen LogP contribution is 2.24. The fraction of sp³-hybridized carbons (Fsp3) is 0.875. The van der Waals surface area contributed by atoms with Gasteiger partial charge in [0, 0.05) is 12.7 Å². The number of esters is 1. The van der Waals surface area contributed by atoms with Crippen molar-refractivity contribution in [3.63, 3.8) is 0 Å². The van der Waals surface area contributed by atoms with E-state index in [9.17, 15) is 15.0 Å². The minimum atomic E-state index is -1.16. The largest absolute Gasteiger partial charge is 0.433 e. The van der Waals surface area contributed by atoms with Crippen LogP contribution in [-0.2, 0) is 14.3 Å². The molecule has 14 heavy (non-hydrogen) atoms. The van der Waals surface area contributed by atoms with E-state index in [2.05, 4.69) is 0 Å². The molecule has 0 aromatic heterocycles. The molecular formula is C8H14O5S. The topological polar surface area (TPSA) is 76.0 Å². The summed E-state index contributed by atoms with van der Waals surface area (Å²) >= 11 is 1.49. The Kier molecular flexibility index (Phi) is 4.18. The van der Waals surface area contributed by atoms with Crippen molar-refractivity contribution in [2.24, 2.45) is 0 Å². The number of ether oxygens (including phenoxy) is 2. The van der Waals surface area contributed by atoms with Gasteiger partial charge in [-0.25, -0.2) is 0 Å². The third-order valence-electron chi connectivity index (χ3n) is 1.93. The minimum Gasteiger partial charge on any atom is -0.433 e. The molecule has 1 aliphatic heterocycles. The second kappa shape index (κ2) is 4.97. The lowest BCUT2D eigenvalue weighted by molar-refractivity contribution is -0.184. The summed E-state index contributed by atoms with van der Waals surface area (Å²) in [4.78, 5) is 10.6. The fourth-order valence-electron chi connectivity index (χ4n) is 1.28. The Morgan fingerprint density at radius 3 is 2.64 bits per heavy atom. The Morgan fingerprint density at radius 1 is 1.50 bits per heavy atom. The normalized spacial score (nSPS) is 37.1. The van der Waals surface area contributed by atoms with Gasteiger partial charge < -0.3 is 19.7 Å². The summed E-state index contributed by atoms with van der Waals surface area (Å²) in [5.41, 5.74) is 0. The van der Waals surface area contributed by atoms with Gasteiger partial charge >= 0.3 is 5.97 Å². The lowest BCUT2D eigenvalue weighted by Gasteiger charge is -2.13. The molecule has 0 bridgehead atoms. The van der Waals surface area contributed by atoms with Crippen LogP contribution in [0.1, 0.15) is 6.92 Å². The molecule has 1 heterocycles. The maximum Gasteiger partial charge on any atom is 0.305 e. The molecule has 5 nitrogen and oxygen atoms in total. The molecule has 6 heteroatoms. The summed E-state index contributed by atoms with van der Waals surface area (Å²) in [7, 11) is 0. The summed E-state index contributed by atoms with van der Waals surface area (Å²) in [6.45, 7) is 1.23. The van der Waals surface area contributed by atoms with Crippen molar-refractivity contribution in [3.8, 4) is 0 Å². The van der Waals surface area contributed by atoms with Crippen LogP contribution in [0, 0.1) is 0 Å². The van der Waals surface area contributed by atoms with Crippen molar-refractivity contribution >= 4 is 17.7 Å². The Hall–Kier alpha value is -0.300. The Labute approximate surface area is 86.4 Å². The van der Waals surface area contributed by atoms with Crippen molar-refractivity contribution in [3.05, 3.63) is 0 Å². The number of rotatable bonds is 3. The molecule has 4 atom stereocenters. The predicted octanol–water partition coefficient (Wildman–Crippen LogP) is -0.641. The van der Waals surface area contributed by atoms with E-state index in [1.165, 1.54) is 18.7 Å². The van der Waals surface area contributed by atoms with E-state index in [0.717, 1.165) is 0 Å². The van der Waals surface area contributed by atoms with Crippen LogP contribution >= 0.6 is 11.8 Å². The summed E-state index contributed by atoms with van der Waals surface area (Å²) in [6, 6.07) is 0. The van der Waals surface area contributed by atoms with E-state index in [4.69, 9.17) is 9.47 Å². The quantitative estimate of drug-likeness (QED) is 0.619. The molecule has 0 radical (unpaired) electrons. The van der Waals surface area contributed by atoms with Gasteiger partial charge in [-0.05, 0) is 6.26 Å². The molecule has 1 rings (SSSR count). The number of carbonyl (C=O) groups excluding carboxylic acids is 1. The van der Waals surface area contributed by atoms with Crippen molar-refractivity contribution in [2.45, 2.75) is 31.5 Å². The van der Waals surface area contributed by atoms with E-state index < -0.39 is 30.6 Å². The SMILES string of the molecule is CSC[C@H]1O[C@@H](OC(C)=O)[C@H](O)[C@@H]1O. The van der Waals surface area contributed by atoms with Crippen molar-refractivity contribution in [2.75, 3.05) is 12.0 Å². The number of aliphatic hydroxyl groups is 2. The molecule has 0 unspecified atom stereocenters. The third kappa shape index (κ3) is 2.60. The van der Waals surface area contributed by atoms with Gasteiger partial charge in [-0.3, -0.25) is 4.79 Å². The van der Waals surface area contributed by atoms with Gasteiger partial charge in [-0.2, -0.15) is 11.8 Å². The van der Waals surface area contributed by atoms with Gasteiger partial charge in [0.15, 0.2) is 0 Å². The van der Waals surface area contributed by atoms with Crippen LogP contribution in [0.15, 0.2) is 0 Å². The summed E-state index contributed by atoms with van der Waals surface area (Å²) in [5, 5.41) is 18.9. The van der Waals surface area contributed by atoms with Crippen LogP contribution in [-0.4, -0.2) is 52.8 Å². The van der Waals surface area contributed by atoms with Gasteiger partial charge in [-0.1, -0.05) is 0 Å². The molecule has 2 N–H and O–H groups in total. The van der Waals surface area contributed by atoms with Crippen LogP contribution < -0.4 is 0 Å². The first kappa shape index (κ1) is 11.8. The standard InChI is InChI=1S/C8H14O5S/c1-4(9)12-8-7(11)6(10)5(13-8)3-14-2/h5-8,10-11H,3H2,1-2H3/t5-,6-,7-,8-/m1/s1. The third-order valence-corrected chi connectivity index (χ3v) is 2.59. The first-order valence-corrected chi connectivity index (χ1v) is 5.63. The van der Waals surface area contributed by atoms with Crippen molar-refractivity contribution in [1.82, 2.24) is 0 Å². The van der Waals surface area contributed by atoms with E-state index >= 15 is 0 Å². The molecule has 0 aromatic rings. The second-order valence-electron chi connectivity index (χ2n) is 3.09. The van der Waals surface area contributed by atoms with Crippen molar-refractivity contribution < 1.29 is 24.5 Å². The summed E-state index contributed by atoms with van der Waals surface area (Å²) < 4.78 is 9.86. The summed E-state index contributed by atoms with van der Waals surface area (Å²) in [5.74, 6) is 0.0155. The maximum absolute atomic E-state index is 10.6. The highest BCUT2D eigenvalue weighted by atomic mass is 32.2. The Morgan fingerprint density at radius 2 is 2.14 bits per heavy atom. The van der Waals surface area contributed by atoms with Crippen LogP contribution in [0.4, 0.5) is 0 Å². The van der Waals surface area contributed by atoms with Gasteiger partial charge in [0.1, 0.15) is 12.2 Å². The molecule has 0 saturated carbocycles. The molecule has 0 aliphatic carbocycles. The van der Waals surface area contributed by atoms with Crippen LogP contribution in [0.5, 0.6) is 0 Å². The monoisotopic (exact) mass is 222 g/mol. The summed E-state index contributed by atoms with van der Waals surface area (Å²) in [6.07, 6.45) is -1.81. The van der Waals surface area contributed by atoms with Crippen LogP contribution in [0.25, 0.3) is 0 Å². The van der Waals surface area contributed by atoms with Gasteiger partial charge in [0.05, 0.1) is 6.10 Å². The van der Waals surface area contributed by atoms with E-state index in [-0.39, 0.29) is 0 Å². The minimum absolute atomic E-state index is 0.482. The fourth-order valence-corrected chi connectivity index (χ4v) is 1.88. The number of hydrogen-bond acceptors (Lipinski definition) is 6.